The summed E-state index contributed by atoms with van der Waals surface area (Å²) in [6, 6.07) is 3.62. The van der Waals surface area contributed by atoms with Gasteiger partial charge in [-0.3, -0.25) is 4.79 Å². The highest BCUT2D eigenvalue weighted by Crippen LogP contribution is 2.40. The quantitative estimate of drug-likeness (QED) is 0.611. The van der Waals surface area contributed by atoms with Crippen LogP contribution in [-0.4, -0.2) is 29.6 Å². The second kappa shape index (κ2) is 6.06. The molecule has 1 aliphatic rings. The average Bonchev–Trinajstić information content (AvgIpc) is 3.27. The van der Waals surface area contributed by atoms with Crippen LogP contribution in [0.1, 0.15) is 47.3 Å². The van der Waals surface area contributed by atoms with E-state index >= 15 is 0 Å². The van der Waals surface area contributed by atoms with Crippen LogP contribution in [0.15, 0.2) is 11.1 Å². The van der Waals surface area contributed by atoms with Crippen molar-refractivity contribution < 1.29 is 14.3 Å². The van der Waals surface area contributed by atoms with E-state index in [-0.39, 0.29) is 23.5 Å². The largest absolute Gasteiger partial charge is 0.454 e. The van der Waals surface area contributed by atoms with Crippen molar-refractivity contribution >= 4 is 23.5 Å². The van der Waals surface area contributed by atoms with Crippen LogP contribution in [0.2, 0.25) is 0 Å². The molecule has 20 heavy (non-hydrogen) atoms. The van der Waals surface area contributed by atoms with Crippen LogP contribution < -0.4 is 0 Å². The molecule has 1 aliphatic carbocycles. The number of carbonyl (C=O) groups is 2. The van der Waals surface area contributed by atoms with Gasteiger partial charge in [0.2, 0.25) is 0 Å². The van der Waals surface area contributed by atoms with Crippen molar-refractivity contribution in [3.63, 3.8) is 0 Å². The maximum absolute atomic E-state index is 12.0. The van der Waals surface area contributed by atoms with Gasteiger partial charge in [-0.2, -0.15) is 5.26 Å². The van der Waals surface area contributed by atoms with E-state index < -0.39 is 5.97 Å². The van der Waals surface area contributed by atoms with Crippen molar-refractivity contribution in [2.75, 3.05) is 12.9 Å². The zero-order valence-corrected chi connectivity index (χ0v) is 12.1. The van der Waals surface area contributed by atoms with Gasteiger partial charge in [0, 0.05) is 11.6 Å². The lowest BCUT2D eigenvalue weighted by Crippen LogP contribution is -2.14. The molecule has 1 saturated carbocycles. The lowest BCUT2D eigenvalue weighted by Gasteiger charge is -2.09. The molecule has 0 saturated heterocycles. The Kier molecular flexibility index (Phi) is 4.40. The number of nitrogens with zero attached hydrogens (tertiary/aromatic N) is 2. The number of esters is 1. The number of ketones is 1. The Bertz CT molecular complexity index is 603. The SMILES string of the molecule is CSc1nc(C2CC2)cc(C(=O)OCC(C)=O)c1C#N. The van der Waals surface area contributed by atoms with Crippen molar-refractivity contribution in [2.24, 2.45) is 0 Å². The number of carbonyl (C=O) groups excluding carboxylic acids is 2. The third kappa shape index (κ3) is 3.17. The van der Waals surface area contributed by atoms with E-state index in [9.17, 15) is 14.9 Å². The summed E-state index contributed by atoms with van der Waals surface area (Å²) in [4.78, 5) is 27.3. The van der Waals surface area contributed by atoms with E-state index in [1.54, 1.807) is 6.07 Å². The molecule has 5 nitrogen and oxygen atoms in total. The highest BCUT2D eigenvalue weighted by atomic mass is 32.2. The number of hydrogen-bond donors (Lipinski definition) is 0. The lowest BCUT2D eigenvalue weighted by atomic mass is 10.1. The van der Waals surface area contributed by atoms with Crippen LogP contribution in [0.4, 0.5) is 0 Å². The van der Waals surface area contributed by atoms with Crippen LogP contribution in [0.5, 0.6) is 0 Å². The average molecular weight is 290 g/mol. The maximum atomic E-state index is 12.0. The van der Waals surface area contributed by atoms with Crippen LogP contribution in [0.3, 0.4) is 0 Å². The molecule has 0 N–H and O–H groups in total. The van der Waals surface area contributed by atoms with Crippen molar-refractivity contribution in [1.29, 1.82) is 5.26 Å². The zero-order valence-electron chi connectivity index (χ0n) is 11.3. The van der Waals surface area contributed by atoms with E-state index in [1.807, 2.05) is 12.3 Å². The second-order valence-electron chi connectivity index (χ2n) is 4.64. The van der Waals surface area contributed by atoms with Gasteiger partial charge in [0.1, 0.15) is 17.7 Å². The molecule has 0 radical (unpaired) electrons. The monoisotopic (exact) mass is 290 g/mol. The number of hydrogen-bond acceptors (Lipinski definition) is 6. The van der Waals surface area contributed by atoms with Crippen molar-refractivity contribution in [2.45, 2.75) is 30.7 Å². The van der Waals surface area contributed by atoms with E-state index in [4.69, 9.17) is 4.74 Å². The van der Waals surface area contributed by atoms with E-state index in [0.717, 1.165) is 18.5 Å². The Morgan fingerprint density at radius 3 is 2.75 bits per heavy atom. The fourth-order valence-corrected chi connectivity index (χ4v) is 2.35. The first-order valence-electron chi connectivity index (χ1n) is 6.22. The minimum atomic E-state index is -0.642. The Morgan fingerprint density at radius 1 is 1.55 bits per heavy atom. The standard InChI is InChI=1S/C14H14N2O3S/c1-8(17)7-19-14(18)10-5-12(9-3-4-9)16-13(20-2)11(10)6-15/h5,9H,3-4,7H2,1-2H3. The Labute approximate surface area is 121 Å². The zero-order chi connectivity index (χ0) is 14.7. The number of aromatic nitrogens is 1. The molecule has 0 spiro atoms. The fraction of sp³-hybridized carbons (Fsp3) is 0.429. The van der Waals surface area contributed by atoms with Crippen LogP contribution in [-0.2, 0) is 9.53 Å². The molecular formula is C14H14N2O3S. The molecule has 1 fully saturated rings. The maximum Gasteiger partial charge on any atom is 0.340 e. The first-order valence-corrected chi connectivity index (χ1v) is 7.45. The molecule has 0 aliphatic heterocycles. The topological polar surface area (TPSA) is 80.0 Å². The van der Waals surface area contributed by atoms with Gasteiger partial charge < -0.3 is 4.74 Å². The lowest BCUT2D eigenvalue weighted by molar-refractivity contribution is -0.120. The molecule has 1 heterocycles. The fourth-order valence-electron chi connectivity index (χ4n) is 1.79. The summed E-state index contributed by atoms with van der Waals surface area (Å²) in [5, 5.41) is 9.76. The van der Waals surface area contributed by atoms with Gasteiger partial charge in [0.15, 0.2) is 5.78 Å². The van der Waals surface area contributed by atoms with Crippen molar-refractivity contribution in [1.82, 2.24) is 4.98 Å². The minimum Gasteiger partial charge on any atom is -0.454 e. The molecule has 1 aromatic heterocycles. The summed E-state index contributed by atoms with van der Waals surface area (Å²) < 4.78 is 4.91. The molecule has 1 aromatic rings. The molecule has 0 aromatic carbocycles. The third-order valence-corrected chi connectivity index (χ3v) is 3.62. The predicted octanol–water partition coefficient (Wildman–Crippen LogP) is 2.30. The number of rotatable bonds is 5. The second-order valence-corrected chi connectivity index (χ2v) is 5.44. The van der Waals surface area contributed by atoms with Gasteiger partial charge in [-0.25, -0.2) is 9.78 Å². The Balaban J connectivity index is 2.38. The van der Waals surface area contributed by atoms with Crippen molar-refractivity contribution in [3.8, 4) is 6.07 Å². The molecule has 0 unspecified atom stereocenters. The number of pyridine rings is 1. The summed E-state index contributed by atoms with van der Waals surface area (Å²) in [5.74, 6) is -0.511. The Morgan fingerprint density at radius 2 is 2.25 bits per heavy atom. The van der Waals surface area contributed by atoms with Crippen LogP contribution >= 0.6 is 11.8 Å². The summed E-state index contributed by atoms with van der Waals surface area (Å²) in [6.45, 7) is 1.06. The van der Waals surface area contributed by atoms with E-state index in [0.29, 0.717) is 10.9 Å². The predicted molar refractivity (Wildman–Crippen MR) is 73.7 cm³/mol. The first-order chi connectivity index (χ1) is 9.56. The Hall–Kier alpha value is -1.87. The van der Waals surface area contributed by atoms with E-state index in [2.05, 4.69) is 4.98 Å². The van der Waals surface area contributed by atoms with Gasteiger partial charge in [-0.15, -0.1) is 11.8 Å². The molecule has 0 atom stereocenters. The van der Waals surface area contributed by atoms with Gasteiger partial charge in [-0.05, 0) is 32.1 Å². The molecular weight excluding hydrogens is 276 g/mol. The number of nitriles is 1. The van der Waals surface area contributed by atoms with Gasteiger partial charge in [0.05, 0.1) is 11.1 Å². The highest BCUT2D eigenvalue weighted by Gasteiger charge is 2.28. The van der Waals surface area contributed by atoms with Crippen LogP contribution in [0.25, 0.3) is 0 Å². The summed E-state index contributed by atoms with van der Waals surface area (Å²) in [6.07, 6.45) is 3.91. The normalized spacial score (nSPS) is 13.7. The summed E-state index contributed by atoms with van der Waals surface area (Å²) in [7, 11) is 0. The first kappa shape index (κ1) is 14.5. The molecule has 0 bridgehead atoms. The number of ether oxygens (including phenoxy) is 1. The molecule has 6 heteroatoms. The summed E-state index contributed by atoms with van der Waals surface area (Å²) >= 11 is 1.33. The van der Waals surface area contributed by atoms with Crippen LogP contribution in [0, 0.1) is 11.3 Å². The minimum absolute atomic E-state index is 0.204. The van der Waals surface area contributed by atoms with Gasteiger partial charge in [0.25, 0.3) is 0 Å². The number of thioether (sulfide) groups is 1. The van der Waals surface area contributed by atoms with E-state index in [1.165, 1.54) is 18.7 Å². The van der Waals surface area contributed by atoms with Crippen molar-refractivity contribution in [3.05, 3.63) is 22.9 Å². The molecule has 104 valence electrons. The van der Waals surface area contributed by atoms with Gasteiger partial charge >= 0.3 is 5.97 Å². The third-order valence-electron chi connectivity index (χ3n) is 2.93. The summed E-state index contributed by atoms with van der Waals surface area (Å²) in [5.41, 5.74) is 1.24. The number of Topliss-reactive ketones (excluding diaryl/α,β-unsaturated/α-hetero) is 1. The molecule has 2 rings (SSSR count). The highest BCUT2D eigenvalue weighted by molar-refractivity contribution is 7.98. The smallest absolute Gasteiger partial charge is 0.340 e. The van der Waals surface area contributed by atoms with Gasteiger partial charge in [-0.1, -0.05) is 0 Å². The molecule has 0 amide bonds.